The van der Waals surface area contributed by atoms with E-state index in [1.807, 2.05) is 0 Å². The fourth-order valence-corrected chi connectivity index (χ4v) is 0.842. The van der Waals surface area contributed by atoms with Crippen molar-refractivity contribution in [2.24, 2.45) is 0 Å². The number of methoxy groups -OCH3 is 1. The number of nitriles is 1. The maximum atomic E-state index is 12.6. The molecule has 0 saturated carbocycles. The van der Waals surface area contributed by atoms with Crippen LogP contribution in [0.4, 0.5) is 4.39 Å². The van der Waals surface area contributed by atoms with Crippen LogP contribution in [0.3, 0.4) is 0 Å². The first-order chi connectivity index (χ1) is 5.70. The highest BCUT2D eigenvalue weighted by Gasteiger charge is 2.12. The molecule has 0 fully saturated rings. The van der Waals surface area contributed by atoms with Crippen LogP contribution in [0, 0.1) is 17.1 Å². The number of aromatic hydroxyl groups is 1. The zero-order valence-corrected chi connectivity index (χ0v) is 6.34. The van der Waals surface area contributed by atoms with Gasteiger partial charge in [0.05, 0.1) is 12.7 Å². The maximum Gasteiger partial charge on any atom is 0.195 e. The number of halogens is 1. The van der Waals surface area contributed by atoms with Crippen molar-refractivity contribution in [3.05, 3.63) is 23.5 Å². The minimum absolute atomic E-state index is 0.108. The highest BCUT2D eigenvalue weighted by Crippen LogP contribution is 2.31. The minimum Gasteiger partial charge on any atom is -0.502 e. The Morgan fingerprint density at radius 2 is 2.25 bits per heavy atom. The standard InChI is InChI=1S/C8H6FNO2/c1-12-8-5(4-10)2-3-6(9)7(8)11/h2-3,11H,1H3. The smallest absolute Gasteiger partial charge is 0.195 e. The summed E-state index contributed by atoms with van der Waals surface area (Å²) in [5.74, 6) is -1.56. The topological polar surface area (TPSA) is 53.2 Å². The summed E-state index contributed by atoms with van der Waals surface area (Å²) in [5.41, 5.74) is 0.108. The normalized spacial score (nSPS) is 9.08. The van der Waals surface area contributed by atoms with Crippen LogP contribution >= 0.6 is 0 Å². The third-order valence-electron chi connectivity index (χ3n) is 1.41. The van der Waals surface area contributed by atoms with E-state index in [0.717, 1.165) is 6.07 Å². The Balaban J connectivity index is 3.38. The van der Waals surface area contributed by atoms with Gasteiger partial charge in [-0.1, -0.05) is 0 Å². The molecule has 0 aliphatic carbocycles. The van der Waals surface area contributed by atoms with Gasteiger partial charge in [-0.2, -0.15) is 5.26 Å². The van der Waals surface area contributed by atoms with Crippen LogP contribution in [0.25, 0.3) is 0 Å². The van der Waals surface area contributed by atoms with Crippen molar-refractivity contribution in [3.63, 3.8) is 0 Å². The van der Waals surface area contributed by atoms with Gasteiger partial charge in [-0.15, -0.1) is 0 Å². The van der Waals surface area contributed by atoms with Gasteiger partial charge in [0.25, 0.3) is 0 Å². The Morgan fingerprint density at radius 3 is 2.75 bits per heavy atom. The van der Waals surface area contributed by atoms with Crippen LogP contribution in [0.1, 0.15) is 5.56 Å². The van der Waals surface area contributed by atoms with Crippen LogP contribution in [0.2, 0.25) is 0 Å². The van der Waals surface area contributed by atoms with E-state index in [2.05, 4.69) is 4.74 Å². The summed E-state index contributed by atoms with van der Waals surface area (Å²) >= 11 is 0. The molecule has 0 aliphatic heterocycles. The van der Waals surface area contributed by atoms with Gasteiger partial charge in [0.2, 0.25) is 0 Å². The van der Waals surface area contributed by atoms with Crippen molar-refractivity contribution in [3.8, 4) is 17.6 Å². The minimum atomic E-state index is -0.800. The van der Waals surface area contributed by atoms with E-state index >= 15 is 0 Å². The largest absolute Gasteiger partial charge is 0.502 e. The predicted octanol–water partition coefficient (Wildman–Crippen LogP) is 1.41. The first-order valence-electron chi connectivity index (χ1n) is 3.16. The molecule has 0 saturated heterocycles. The molecular weight excluding hydrogens is 161 g/mol. The third kappa shape index (κ3) is 1.17. The molecule has 1 rings (SSSR count). The molecule has 1 aromatic carbocycles. The summed E-state index contributed by atoms with van der Waals surface area (Å²) in [6.07, 6.45) is 0. The van der Waals surface area contributed by atoms with Crippen molar-refractivity contribution < 1.29 is 14.2 Å². The van der Waals surface area contributed by atoms with E-state index in [4.69, 9.17) is 10.4 Å². The van der Waals surface area contributed by atoms with E-state index in [0.29, 0.717) is 0 Å². The lowest BCUT2D eigenvalue weighted by molar-refractivity contribution is 0.356. The zero-order chi connectivity index (χ0) is 9.14. The van der Waals surface area contributed by atoms with Crippen LogP contribution in [-0.4, -0.2) is 12.2 Å². The van der Waals surface area contributed by atoms with Crippen LogP contribution < -0.4 is 4.74 Å². The van der Waals surface area contributed by atoms with Gasteiger partial charge in [-0.3, -0.25) is 0 Å². The Bertz CT molecular complexity index is 344. The lowest BCUT2D eigenvalue weighted by atomic mass is 10.2. The Morgan fingerprint density at radius 1 is 1.58 bits per heavy atom. The van der Waals surface area contributed by atoms with E-state index in [1.54, 1.807) is 6.07 Å². The van der Waals surface area contributed by atoms with Crippen molar-refractivity contribution >= 4 is 0 Å². The van der Waals surface area contributed by atoms with Crippen molar-refractivity contribution in [1.82, 2.24) is 0 Å². The average Bonchev–Trinajstić information content (AvgIpc) is 2.09. The number of phenolic OH excluding ortho intramolecular Hbond substituents is 1. The summed E-state index contributed by atoms with van der Waals surface area (Å²) in [7, 11) is 1.26. The summed E-state index contributed by atoms with van der Waals surface area (Å²) in [4.78, 5) is 0. The molecule has 0 aliphatic rings. The number of rotatable bonds is 1. The number of phenols is 1. The van der Waals surface area contributed by atoms with Crippen molar-refractivity contribution in [2.45, 2.75) is 0 Å². The van der Waals surface area contributed by atoms with Crippen LogP contribution in [0.15, 0.2) is 12.1 Å². The lowest BCUT2D eigenvalue weighted by Crippen LogP contribution is -1.90. The van der Waals surface area contributed by atoms with E-state index < -0.39 is 11.6 Å². The first-order valence-corrected chi connectivity index (χ1v) is 3.16. The van der Waals surface area contributed by atoms with Crippen LogP contribution in [-0.2, 0) is 0 Å². The molecule has 0 unspecified atom stereocenters. The number of ether oxygens (including phenoxy) is 1. The molecule has 1 N–H and O–H groups in total. The molecule has 62 valence electrons. The van der Waals surface area contributed by atoms with E-state index in [-0.39, 0.29) is 11.3 Å². The van der Waals surface area contributed by atoms with Crippen LogP contribution in [0.5, 0.6) is 11.5 Å². The second-order valence-electron chi connectivity index (χ2n) is 2.09. The molecule has 0 atom stereocenters. The third-order valence-corrected chi connectivity index (χ3v) is 1.41. The molecule has 4 heteroatoms. The molecule has 1 aromatic rings. The van der Waals surface area contributed by atoms with Crippen molar-refractivity contribution in [1.29, 1.82) is 5.26 Å². The molecule has 3 nitrogen and oxygen atoms in total. The maximum absolute atomic E-state index is 12.6. The second kappa shape index (κ2) is 3.09. The van der Waals surface area contributed by atoms with Gasteiger partial charge in [0.1, 0.15) is 6.07 Å². The summed E-state index contributed by atoms with van der Waals surface area (Å²) < 4.78 is 17.3. The molecule has 0 bridgehead atoms. The Kier molecular flexibility index (Phi) is 2.15. The average molecular weight is 167 g/mol. The highest BCUT2D eigenvalue weighted by molar-refractivity contribution is 5.52. The fraction of sp³-hybridized carbons (Fsp3) is 0.125. The molecule has 0 heterocycles. The SMILES string of the molecule is COc1c(C#N)ccc(F)c1O. The second-order valence-corrected chi connectivity index (χ2v) is 2.09. The van der Waals surface area contributed by atoms with Gasteiger partial charge < -0.3 is 9.84 Å². The Labute approximate surface area is 68.6 Å². The number of hydrogen-bond donors (Lipinski definition) is 1. The molecule has 0 radical (unpaired) electrons. The lowest BCUT2D eigenvalue weighted by Gasteiger charge is -2.04. The quantitative estimate of drug-likeness (QED) is 0.688. The molecular formula is C8H6FNO2. The van der Waals surface area contributed by atoms with Gasteiger partial charge in [-0.05, 0) is 12.1 Å². The van der Waals surface area contributed by atoms with E-state index in [1.165, 1.54) is 13.2 Å². The molecule has 0 amide bonds. The van der Waals surface area contributed by atoms with Gasteiger partial charge in [0, 0.05) is 0 Å². The zero-order valence-electron chi connectivity index (χ0n) is 6.34. The first kappa shape index (κ1) is 8.34. The van der Waals surface area contributed by atoms with Gasteiger partial charge >= 0.3 is 0 Å². The van der Waals surface area contributed by atoms with E-state index in [9.17, 15) is 4.39 Å². The molecule has 0 aromatic heterocycles. The monoisotopic (exact) mass is 167 g/mol. The summed E-state index contributed by atoms with van der Waals surface area (Å²) in [6, 6.07) is 4.02. The van der Waals surface area contributed by atoms with Gasteiger partial charge in [0.15, 0.2) is 17.3 Å². The molecule has 12 heavy (non-hydrogen) atoms. The van der Waals surface area contributed by atoms with Gasteiger partial charge in [-0.25, -0.2) is 4.39 Å². The number of benzene rings is 1. The fourth-order valence-electron chi connectivity index (χ4n) is 0.842. The molecule has 0 spiro atoms. The highest BCUT2D eigenvalue weighted by atomic mass is 19.1. The summed E-state index contributed by atoms with van der Waals surface area (Å²) in [5, 5.41) is 17.6. The Hall–Kier alpha value is -1.76. The number of hydrogen-bond acceptors (Lipinski definition) is 3. The summed E-state index contributed by atoms with van der Waals surface area (Å²) in [6.45, 7) is 0. The number of nitrogens with zero attached hydrogens (tertiary/aromatic N) is 1. The predicted molar refractivity (Wildman–Crippen MR) is 39.3 cm³/mol. The van der Waals surface area contributed by atoms with Crippen molar-refractivity contribution in [2.75, 3.05) is 7.11 Å².